The Morgan fingerprint density at radius 3 is 2.79 bits per heavy atom. The third-order valence-corrected chi connectivity index (χ3v) is 3.28. The Morgan fingerprint density at radius 1 is 1.37 bits per heavy atom. The second kappa shape index (κ2) is 5.46. The Morgan fingerprint density at radius 2 is 2.11 bits per heavy atom. The second-order valence-electron chi connectivity index (χ2n) is 3.78. The van der Waals surface area contributed by atoms with E-state index in [1.807, 2.05) is 0 Å². The predicted molar refractivity (Wildman–Crippen MR) is 79.6 cm³/mol. The number of carbonyl (C=O) groups is 1. The number of nitrogens with two attached hydrogens (primary N) is 2. The van der Waals surface area contributed by atoms with Crippen molar-refractivity contribution in [3.05, 3.63) is 45.5 Å². The minimum Gasteiger partial charge on any atom is -0.397 e. The normalized spacial score (nSPS) is 10.2. The molecule has 5 N–H and O–H groups in total. The molecule has 1 amide bonds. The number of carbonyl (C=O) groups excluding carboxylic acids is 1. The van der Waals surface area contributed by atoms with Gasteiger partial charge in [-0.05, 0) is 40.2 Å². The molecule has 1 heterocycles. The van der Waals surface area contributed by atoms with Crippen molar-refractivity contribution in [2.24, 2.45) is 5.73 Å². The third kappa shape index (κ3) is 3.15. The number of primary amides is 1. The van der Waals surface area contributed by atoms with E-state index < -0.39 is 5.91 Å². The molecule has 1 aromatic carbocycles. The maximum absolute atomic E-state index is 11.4. The fourth-order valence-electron chi connectivity index (χ4n) is 1.49. The van der Waals surface area contributed by atoms with Crippen LogP contribution in [0.25, 0.3) is 0 Å². The van der Waals surface area contributed by atoms with Gasteiger partial charge in [0.05, 0.1) is 23.1 Å². The van der Waals surface area contributed by atoms with Crippen LogP contribution in [0.5, 0.6) is 0 Å². The average Bonchev–Trinajstić information content (AvgIpc) is 2.35. The smallest absolute Gasteiger partial charge is 0.252 e. The lowest BCUT2D eigenvalue weighted by molar-refractivity contribution is 0.100. The van der Waals surface area contributed by atoms with Gasteiger partial charge in [-0.15, -0.1) is 0 Å². The number of rotatable bonds is 3. The minimum atomic E-state index is -0.611. The Balaban J connectivity index is 2.43. The summed E-state index contributed by atoms with van der Waals surface area (Å²) in [6.07, 6.45) is 1.44. The van der Waals surface area contributed by atoms with Gasteiger partial charge < -0.3 is 16.8 Å². The summed E-state index contributed by atoms with van der Waals surface area (Å²) < 4.78 is 0.783. The van der Waals surface area contributed by atoms with Gasteiger partial charge in [0.25, 0.3) is 5.91 Å². The number of hydrogen-bond acceptors (Lipinski definition) is 4. The van der Waals surface area contributed by atoms with Crippen molar-refractivity contribution in [2.75, 3.05) is 11.1 Å². The molecule has 98 valence electrons. The molecule has 19 heavy (non-hydrogen) atoms. The van der Waals surface area contributed by atoms with E-state index in [-0.39, 0.29) is 5.56 Å². The quantitative estimate of drug-likeness (QED) is 0.800. The molecule has 2 aromatic rings. The van der Waals surface area contributed by atoms with Crippen molar-refractivity contribution in [1.29, 1.82) is 0 Å². The minimum absolute atomic E-state index is 0.215. The summed E-state index contributed by atoms with van der Waals surface area (Å²) in [7, 11) is 0. The molecule has 0 aliphatic rings. The Kier molecular flexibility index (Phi) is 3.92. The van der Waals surface area contributed by atoms with Crippen LogP contribution in [0.15, 0.2) is 34.9 Å². The van der Waals surface area contributed by atoms with Crippen molar-refractivity contribution < 1.29 is 4.79 Å². The lowest BCUT2D eigenvalue weighted by Gasteiger charge is -2.11. The van der Waals surface area contributed by atoms with Gasteiger partial charge in [0.1, 0.15) is 5.82 Å². The van der Waals surface area contributed by atoms with Crippen LogP contribution in [-0.4, -0.2) is 10.9 Å². The summed E-state index contributed by atoms with van der Waals surface area (Å²) in [6.45, 7) is 0. The number of pyridine rings is 1. The van der Waals surface area contributed by atoms with E-state index in [0.717, 1.165) is 4.47 Å². The first-order valence-corrected chi connectivity index (χ1v) is 6.42. The first-order valence-electron chi connectivity index (χ1n) is 5.25. The van der Waals surface area contributed by atoms with Crippen LogP contribution in [0, 0.1) is 0 Å². The molecule has 0 atom stereocenters. The predicted octanol–water partition coefficient (Wildman–Crippen LogP) is 2.92. The second-order valence-corrected chi connectivity index (χ2v) is 5.07. The molecule has 2 rings (SSSR count). The van der Waals surface area contributed by atoms with Crippen molar-refractivity contribution in [2.45, 2.75) is 0 Å². The van der Waals surface area contributed by atoms with Crippen molar-refractivity contribution in [1.82, 2.24) is 4.98 Å². The SMILES string of the molecule is NC(=O)c1cc(N)cnc1Nc1cc(Cl)ccc1Br. The monoisotopic (exact) mass is 340 g/mol. The highest BCUT2D eigenvalue weighted by Crippen LogP contribution is 2.29. The fourth-order valence-corrected chi connectivity index (χ4v) is 2.01. The van der Waals surface area contributed by atoms with Crippen LogP contribution in [0.2, 0.25) is 5.02 Å². The highest BCUT2D eigenvalue weighted by Gasteiger charge is 2.12. The number of hydrogen-bond donors (Lipinski definition) is 3. The average molecular weight is 342 g/mol. The van der Waals surface area contributed by atoms with Crippen LogP contribution >= 0.6 is 27.5 Å². The van der Waals surface area contributed by atoms with Crippen molar-refractivity contribution in [3.63, 3.8) is 0 Å². The molecule has 0 spiro atoms. The zero-order valence-electron chi connectivity index (χ0n) is 9.65. The molecule has 0 saturated heterocycles. The summed E-state index contributed by atoms with van der Waals surface area (Å²) in [5, 5.41) is 3.55. The molecule has 0 radical (unpaired) electrons. The third-order valence-electron chi connectivity index (χ3n) is 2.36. The highest BCUT2D eigenvalue weighted by molar-refractivity contribution is 9.10. The first kappa shape index (κ1) is 13.6. The number of aromatic nitrogens is 1. The molecule has 5 nitrogen and oxygen atoms in total. The molecule has 1 aromatic heterocycles. The van der Waals surface area contributed by atoms with Crippen LogP contribution in [0.1, 0.15) is 10.4 Å². The van der Waals surface area contributed by atoms with Crippen molar-refractivity contribution in [3.8, 4) is 0 Å². The number of nitrogens with zero attached hydrogens (tertiary/aromatic N) is 1. The topological polar surface area (TPSA) is 94.0 Å². The van der Waals surface area contributed by atoms with Crippen LogP contribution < -0.4 is 16.8 Å². The molecule has 0 aliphatic carbocycles. The highest BCUT2D eigenvalue weighted by atomic mass is 79.9. The number of nitrogen functional groups attached to an aromatic ring is 1. The van der Waals surface area contributed by atoms with E-state index in [1.54, 1.807) is 18.2 Å². The summed E-state index contributed by atoms with van der Waals surface area (Å²) in [6, 6.07) is 6.69. The number of anilines is 3. The Hall–Kier alpha value is -1.79. The van der Waals surface area contributed by atoms with E-state index in [9.17, 15) is 4.79 Å². The maximum Gasteiger partial charge on any atom is 0.252 e. The Bertz CT molecular complexity index is 648. The van der Waals surface area contributed by atoms with Gasteiger partial charge in [-0.1, -0.05) is 11.6 Å². The number of amides is 1. The maximum atomic E-state index is 11.4. The Labute approximate surface area is 123 Å². The van der Waals surface area contributed by atoms with Gasteiger partial charge in [0.2, 0.25) is 0 Å². The van der Waals surface area contributed by atoms with Crippen LogP contribution in [-0.2, 0) is 0 Å². The summed E-state index contributed by atoms with van der Waals surface area (Å²) in [5.74, 6) is -0.287. The van der Waals surface area contributed by atoms with Gasteiger partial charge in [0.15, 0.2) is 0 Å². The first-order chi connectivity index (χ1) is 8.97. The van der Waals surface area contributed by atoms with Gasteiger partial charge in [-0.2, -0.15) is 0 Å². The molecule has 0 saturated carbocycles. The summed E-state index contributed by atoms with van der Waals surface area (Å²) in [5.41, 5.74) is 12.1. The molecular weight excluding hydrogens is 332 g/mol. The number of halogens is 2. The van der Waals surface area contributed by atoms with E-state index in [2.05, 4.69) is 26.2 Å². The lowest BCUT2D eigenvalue weighted by Crippen LogP contribution is -2.15. The zero-order chi connectivity index (χ0) is 14.0. The van der Waals surface area contributed by atoms with Gasteiger partial charge in [-0.25, -0.2) is 4.98 Å². The van der Waals surface area contributed by atoms with E-state index in [4.69, 9.17) is 23.1 Å². The lowest BCUT2D eigenvalue weighted by atomic mass is 10.2. The molecule has 0 aliphatic heterocycles. The summed E-state index contributed by atoms with van der Waals surface area (Å²) in [4.78, 5) is 15.4. The number of benzene rings is 1. The van der Waals surface area contributed by atoms with Gasteiger partial charge in [-0.3, -0.25) is 4.79 Å². The van der Waals surface area contributed by atoms with Crippen molar-refractivity contribution >= 4 is 50.6 Å². The van der Waals surface area contributed by atoms with Crippen LogP contribution in [0.3, 0.4) is 0 Å². The molecule has 0 fully saturated rings. The van der Waals surface area contributed by atoms with Gasteiger partial charge in [0, 0.05) is 9.50 Å². The molecule has 0 bridgehead atoms. The number of nitrogens with one attached hydrogen (secondary N) is 1. The molecule has 7 heteroatoms. The van der Waals surface area contributed by atoms with E-state index >= 15 is 0 Å². The summed E-state index contributed by atoms with van der Waals surface area (Å²) >= 11 is 9.29. The van der Waals surface area contributed by atoms with Gasteiger partial charge >= 0.3 is 0 Å². The van der Waals surface area contributed by atoms with Crippen LogP contribution in [0.4, 0.5) is 17.2 Å². The van der Waals surface area contributed by atoms with E-state index in [1.165, 1.54) is 12.3 Å². The van der Waals surface area contributed by atoms with E-state index in [0.29, 0.717) is 22.2 Å². The standard InChI is InChI=1S/C12H10BrClN4O/c13-9-2-1-6(14)3-10(9)18-12-8(11(16)19)4-7(15)5-17-12/h1-5H,15H2,(H2,16,19)(H,17,18). The fraction of sp³-hybridized carbons (Fsp3) is 0. The largest absolute Gasteiger partial charge is 0.397 e. The molecular formula is C12H10BrClN4O. The zero-order valence-corrected chi connectivity index (χ0v) is 12.0. The molecule has 0 unspecified atom stereocenters.